The molecule has 0 radical (unpaired) electrons. The SMILES string of the molecule is COC(=O)[C@@H](Cc1ccccc1[N+](=O)[O-])NC(=O)OC(C)(C)C. The molecule has 23 heavy (non-hydrogen) atoms. The van der Waals surface area contributed by atoms with E-state index in [1.807, 2.05) is 0 Å². The van der Waals surface area contributed by atoms with Crippen molar-refractivity contribution in [2.45, 2.75) is 38.8 Å². The zero-order chi connectivity index (χ0) is 17.6. The van der Waals surface area contributed by atoms with Gasteiger partial charge in [0.05, 0.1) is 12.0 Å². The Labute approximate surface area is 133 Å². The summed E-state index contributed by atoms with van der Waals surface area (Å²) in [5, 5.41) is 13.4. The maximum atomic E-state index is 11.8. The van der Waals surface area contributed by atoms with Crippen LogP contribution in [0.25, 0.3) is 0 Å². The maximum Gasteiger partial charge on any atom is 0.408 e. The summed E-state index contributed by atoms with van der Waals surface area (Å²) in [5.74, 6) is -0.714. The Kier molecular flexibility index (Phi) is 6.06. The van der Waals surface area contributed by atoms with E-state index in [0.29, 0.717) is 5.56 Å². The average molecular weight is 324 g/mol. The van der Waals surface area contributed by atoms with E-state index in [0.717, 1.165) is 0 Å². The first kappa shape index (κ1) is 18.4. The fourth-order valence-electron chi connectivity index (χ4n) is 1.87. The van der Waals surface area contributed by atoms with E-state index >= 15 is 0 Å². The molecule has 1 atom stereocenters. The van der Waals surface area contributed by atoms with E-state index in [1.54, 1.807) is 26.8 Å². The van der Waals surface area contributed by atoms with Crippen LogP contribution in [0.4, 0.5) is 10.5 Å². The van der Waals surface area contributed by atoms with Gasteiger partial charge < -0.3 is 14.8 Å². The molecule has 1 aromatic carbocycles. The van der Waals surface area contributed by atoms with Crippen molar-refractivity contribution in [2.75, 3.05) is 7.11 Å². The highest BCUT2D eigenvalue weighted by Crippen LogP contribution is 2.19. The Morgan fingerprint density at radius 2 is 1.91 bits per heavy atom. The van der Waals surface area contributed by atoms with Crippen molar-refractivity contribution in [3.63, 3.8) is 0 Å². The quantitative estimate of drug-likeness (QED) is 0.505. The van der Waals surface area contributed by atoms with Crippen molar-refractivity contribution in [3.05, 3.63) is 39.9 Å². The van der Waals surface area contributed by atoms with Gasteiger partial charge in [0.15, 0.2) is 0 Å². The molecule has 0 aliphatic rings. The Bertz CT molecular complexity index is 594. The monoisotopic (exact) mass is 324 g/mol. The molecule has 0 saturated carbocycles. The van der Waals surface area contributed by atoms with Gasteiger partial charge in [-0.1, -0.05) is 18.2 Å². The standard InChI is InChI=1S/C15H20N2O6/c1-15(2,3)23-14(19)16-11(13(18)22-4)9-10-7-5-6-8-12(10)17(20)21/h5-8,11H,9H2,1-4H3,(H,16,19)/t11-/m1/s1. The van der Waals surface area contributed by atoms with Gasteiger partial charge in [-0.3, -0.25) is 10.1 Å². The van der Waals surface area contributed by atoms with Crippen LogP contribution in [0.2, 0.25) is 0 Å². The normalized spacial score (nSPS) is 12.2. The van der Waals surface area contributed by atoms with E-state index in [-0.39, 0.29) is 12.1 Å². The predicted octanol–water partition coefficient (Wildman–Crippen LogP) is 2.20. The molecular formula is C15H20N2O6. The first-order valence-electron chi connectivity index (χ1n) is 6.93. The summed E-state index contributed by atoms with van der Waals surface area (Å²) in [6.07, 6.45) is -0.880. The number of hydrogen-bond acceptors (Lipinski definition) is 6. The lowest BCUT2D eigenvalue weighted by atomic mass is 10.0. The van der Waals surface area contributed by atoms with Gasteiger partial charge in [-0.05, 0) is 20.8 Å². The van der Waals surface area contributed by atoms with Gasteiger partial charge >= 0.3 is 12.1 Å². The zero-order valence-corrected chi connectivity index (χ0v) is 13.5. The number of rotatable bonds is 5. The molecule has 1 aromatic rings. The van der Waals surface area contributed by atoms with E-state index < -0.39 is 28.6 Å². The van der Waals surface area contributed by atoms with Crippen LogP contribution in [-0.2, 0) is 20.7 Å². The van der Waals surface area contributed by atoms with E-state index in [9.17, 15) is 19.7 Å². The molecule has 8 heteroatoms. The molecule has 0 heterocycles. The van der Waals surface area contributed by atoms with Crippen LogP contribution in [0.15, 0.2) is 24.3 Å². The summed E-state index contributed by atoms with van der Waals surface area (Å²) in [5.41, 5.74) is -0.555. The molecule has 0 fully saturated rings. The molecule has 0 spiro atoms. The van der Waals surface area contributed by atoms with Crippen LogP contribution in [0, 0.1) is 10.1 Å². The highest BCUT2D eigenvalue weighted by Gasteiger charge is 2.27. The molecule has 1 rings (SSSR count). The lowest BCUT2D eigenvalue weighted by Gasteiger charge is -2.22. The van der Waals surface area contributed by atoms with E-state index in [1.165, 1.54) is 25.3 Å². The highest BCUT2D eigenvalue weighted by atomic mass is 16.6. The first-order valence-corrected chi connectivity index (χ1v) is 6.93. The van der Waals surface area contributed by atoms with Crippen molar-refractivity contribution >= 4 is 17.7 Å². The number of nitro groups is 1. The number of alkyl carbamates (subject to hydrolysis) is 1. The molecule has 0 bridgehead atoms. The number of nitro benzene ring substituents is 1. The van der Waals surface area contributed by atoms with Crippen molar-refractivity contribution in [1.82, 2.24) is 5.32 Å². The van der Waals surface area contributed by atoms with E-state index in [2.05, 4.69) is 10.1 Å². The fourth-order valence-corrected chi connectivity index (χ4v) is 1.87. The number of benzene rings is 1. The van der Waals surface area contributed by atoms with Gasteiger partial charge in [0.1, 0.15) is 11.6 Å². The number of nitrogens with one attached hydrogen (secondary N) is 1. The van der Waals surface area contributed by atoms with Crippen molar-refractivity contribution < 1.29 is 24.0 Å². The minimum Gasteiger partial charge on any atom is -0.467 e. The maximum absolute atomic E-state index is 11.8. The number of carbonyl (C=O) groups excluding carboxylic acids is 2. The lowest BCUT2D eigenvalue weighted by Crippen LogP contribution is -2.45. The van der Waals surface area contributed by atoms with Crippen molar-refractivity contribution in [3.8, 4) is 0 Å². The molecule has 0 aromatic heterocycles. The van der Waals surface area contributed by atoms with Crippen molar-refractivity contribution in [1.29, 1.82) is 0 Å². The number of ether oxygens (including phenoxy) is 2. The molecule has 8 nitrogen and oxygen atoms in total. The summed E-state index contributed by atoms with van der Waals surface area (Å²) in [6.45, 7) is 5.05. The van der Waals surface area contributed by atoms with Gasteiger partial charge in [-0.25, -0.2) is 9.59 Å². The Morgan fingerprint density at radius 3 is 2.43 bits per heavy atom. The Hall–Kier alpha value is -2.64. The van der Waals surface area contributed by atoms with Gasteiger partial charge in [0, 0.05) is 18.1 Å². The minimum atomic E-state index is -1.09. The molecule has 0 aliphatic carbocycles. The summed E-state index contributed by atoms with van der Waals surface area (Å²) < 4.78 is 9.72. The van der Waals surface area contributed by atoms with Gasteiger partial charge in [-0.15, -0.1) is 0 Å². The third-order valence-electron chi connectivity index (χ3n) is 2.79. The Balaban J connectivity index is 2.94. The predicted molar refractivity (Wildman–Crippen MR) is 82.0 cm³/mol. The molecule has 0 saturated heterocycles. The largest absolute Gasteiger partial charge is 0.467 e. The van der Waals surface area contributed by atoms with Crippen LogP contribution in [0.3, 0.4) is 0 Å². The highest BCUT2D eigenvalue weighted by molar-refractivity contribution is 5.81. The first-order chi connectivity index (χ1) is 10.6. The second-order valence-electron chi connectivity index (χ2n) is 5.81. The number of methoxy groups -OCH3 is 1. The summed E-state index contributed by atoms with van der Waals surface area (Å²) in [7, 11) is 1.17. The van der Waals surface area contributed by atoms with Crippen LogP contribution in [0.1, 0.15) is 26.3 Å². The second-order valence-corrected chi connectivity index (χ2v) is 5.81. The number of carbonyl (C=O) groups is 2. The van der Waals surface area contributed by atoms with Gasteiger partial charge in [-0.2, -0.15) is 0 Å². The van der Waals surface area contributed by atoms with Gasteiger partial charge in [0.2, 0.25) is 0 Å². The van der Waals surface area contributed by atoms with Crippen LogP contribution in [-0.4, -0.2) is 35.7 Å². The number of nitrogens with zero attached hydrogens (tertiary/aromatic N) is 1. The topological polar surface area (TPSA) is 108 Å². The molecule has 0 unspecified atom stereocenters. The molecular weight excluding hydrogens is 304 g/mol. The third-order valence-corrected chi connectivity index (χ3v) is 2.79. The summed E-state index contributed by atoms with van der Waals surface area (Å²) in [4.78, 5) is 34.1. The number of esters is 1. The number of hydrogen-bond donors (Lipinski definition) is 1. The smallest absolute Gasteiger partial charge is 0.408 e. The fraction of sp³-hybridized carbons (Fsp3) is 0.467. The van der Waals surface area contributed by atoms with Gasteiger partial charge in [0.25, 0.3) is 5.69 Å². The Morgan fingerprint density at radius 1 is 1.30 bits per heavy atom. The van der Waals surface area contributed by atoms with Crippen LogP contribution in [0.5, 0.6) is 0 Å². The lowest BCUT2D eigenvalue weighted by molar-refractivity contribution is -0.385. The molecule has 126 valence electrons. The number of amides is 1. The van der Waals surface area contributed by atoms with E-state index in [4.69, 9.17) is 4.74 Å². The number of para-hydroxylation sites is 1. The molecule has 1 amide bonds. The van der Waals surface area contributed by atoms with Crippen LogP contribution >= 0.6 is 0 Å². The van der Waals surface area contributed by atoms with Crippen LogP contribution < -0.4 is 5.32 Å². The average Bonchev–Trinajstić information content (AvgIpc) is 2.44. The molecule has 1 N–H and O–H groups in total. The zero-order valence-electron chi connectivity index (χ0n) is 13.5. The van der Waals surface area contributed by atoms with Crippen molar-refractivity contribution in [2.24, 2.45) is 0 Å². The second kappa shape index (κ2) is 7.57. The summed E-state index contributed by atoms with van der Waals surface area (Å²) >= 11 is 0. The summed E-state index contributed by atoms with van der Waals surface area (Å²) in [6, 6.07) is 4.90. The minimum absolute atomic E-state index is 0.0803. The molecule has 0 aliphatic heterocycles. The third kappa shape index (κ3) is 5.93.